The summed E-state index contributed by atoms with van der Waals surface area (Å²) < 4.78 is 0. The molecule has 0 heteroatoms. The average molecular weight is 190 g/mol. The monoisotopic (exact) mass is 190 g/mol. The lowest BCUT2D eigenvalue weighted by molar-refractivity contribution is 0.230. The summed E-state index contributed by atoms with van der Waals surface area (Å²) in [5.74, 6) is 4.01. The van der Waals surface area contributed by atoms with Crippen LogP contribution in [0.5, 0.6) is 0 Å². The van der Waals surface area contributed by atoms with E-state index >= 15 is 0 Å². The predicted octanol–water partition coefficient (Wildman–Crippen LogP) is 4.05. The van der Waals surface area contributed by atoms with Crippen LogP contribution in [0.1, 0.15) is 34.1 Å². The molecule has 0 fully saturated rings. The first-order valence-corrected chi connectivity index (χ1v) is 5.96. The first kappa shape index (κ1) is 10.0. The molecule has 0 aromatic heterocycles. The van der Waals surface area contributed by atoms with Crippen LogP contribution in [0.4, 0.5) is 0 Å². The van der Waals surface area contributed by atoms with Gasteiger partial charge < -0.3 is 0 Å². The van der Waals surface area contributed by atoms with E-state index in [1.165, 1.54) is 6.42 Å². The van der Waals surface area contributed by atoms with Crippen LogP contribution in [0.2, 0.25) is 0 Å². The maximum Gasteiger partial charge on any atom is -0.0136 e. The lowest BCUT2D eigenvalue weighted by Crippen LogP contribution is -2.31. The maximum atomic E-state index is 2.55. The molecule has 0 nitrogen and oxygen atoms in total. The quantitative estimate of drug-likeness (QED) is 0.506. The van der Waals surface area contributed by atoms with E-state index in [9.17, 15) is 0 Å². The van der Waals surface area contributed by atoms with Gasteiger partial charge in [0.15, 0.2) is 0 Å². The molecule has 5 atom stereocenters. The van der Waals surface area contributed by atoms with Gasteiger partial charge in [-0.1, -0.05) is 44.6 Å². The lowest BCUT2D eigenvalue weighted by atomic mass is 9.65. The van der Waals surface area contributed by atoms with Gasteiger partial charge in [-0.2, -0.15) is 0 Å². The van der Waals surface area contributed by atoms with Crippen molar-refractivity contribution in [1.29, 1.82) is 0 Å². The number of fused-ring (bicyclic) bond motifs is 1. The summed E-state index contributed by atoms with van der Waals surface area (Å²) in [6, 6.07) is 0. The maximum absolute atomic E-state index is 2.55. The number of rotatable bonds is 0. The van der Waals surface area contributed by atoms with Crippen molar-refractivity contribution in [2.24, 2.45) is 29.6 Å². The zero-order valence-corrected chi connectivity index (χ0v) is 9.83. The second kappa shape index (κ2) is 3.56. The predicted molar refractivity (Wildman–Crippen MR) is 62.0 cm³/mol. The molecular formula is C14H22. The number of hydrogen-bond acceptors (Lipinski definition) is 0. The third kappa shape index (κ3) is 1.55. The molecule has 0 amide bonds. The second-order valence-corrected chi connectivity index (χ2v) is 5.39. The number of hydrogen-bond donors (Lipinski definition) is 0. The van der Waals surface area contributed by atoms with Gasteiger partial charge in [0.1, 0.15) is 0 Å². The van der Waals surface area contributed by atoms with Gasteiger partial charge >= 0.3 is 0 Å². The van der Waals surface area contributed by atoms with Crippen LogP contribution in [-0.2, 0) is 0 Å². The Morgan fingerprint density at radius 2 is 1.86 bits per heavy atom. The summed E-state index contributed by atoms with van der Waals surface area (Å²) in [6.45, 7) is 9.42. The molecule has 0 saturated heterocycles. The van der Waals surface area contributed by atoms with Crippen molar-refractivity contribution in [3.63, 3.8) is 0 Å². The average Bonchev–Trinajstić information content (AvgIpc) is 2.15. The van der Waals surface area contributed by atoms with Gasteiger partial charge in [-0.3, -0.25) is 0 Å². The van der Waals surface area contributed by atoms with E-state index in [-0.39, 0.29) is 0 Å². The smallest absolute Gasteiger partial charge is 0.0136 e. The van der Waals surface area contributed by atoms with Crippen LogP contribution in [0.3, 0.4) is 0 Å². The molecule has 0 N–H and O–H groups in total. The van der Waals surface area contributed by atoms with Gasteiger partial charge in [0, 0.05) is 0 Å². The summed E-state index contributed by atoms with van der Waals surface area (Å²) in [5, 5.41) is 0. The van der Waals surface area contributed by atoms with E-state index in [0.29, 0.717) is 0 Å². The van der Waals surface area contributed by atoms with Crippen LogP contribution in [0, 0.1) is 29.6 Å². The highest BCUT2D eigenvalue weighted by Crippen LogP contribution is 2.42. The normalized spacial score (nSPS) is 47.1. The van der Waals surface area contributed by atoms with Crippen molar-refractivity contribution in [2.75, 3.05) is 0 Å². The molecule has 2 rings (SSSR count). The molecule has 0 aromatic rings. The van der Waals surface area contributed by atoms with Crippen LogP contribution >= 0.6 is 0 Å². The molecule has 0 radical (unpaired) electrons. The van der Waals surface area contributed by atoms with Crippen molar-refractivity contribution in [3.05, 3.63) is 23.8 Å². The molecule has 0 bridgehead atoms. The minimum atomic E-state index is 0.758. The molecule has 14 heavy (non-hydrogen) atoms. The van der Waals surface area contributed by atoms with Gasteiger partial charge in [0.05, 0.1) is 0 Å². The highest BCUT2D eigenvalue weighted by Gasteiger charge is 2.33. The molecule has 2 aliphatic rings. The Morgan fingerprint density at radius 1 is 1.14 bits per heavy atom. The highest BCUT2D eigenvalue weighted by molar-refractivity contribution is 5.18. The Balaban J connectivity index is 2.27. The molecular weight excluding hydrogens is 168 g/mol. The zero-order chi connectivity index (χ0) is 10.3. The summed E-state index contributed by atoms with van der Waals surface area (Å²) in [6.07, 6.45) is 8.80. The van der Waals surface area contributed by atoms with Gasteiger partial charge in [0.2, 0.25) is 0 Å². The Morgan fingerprint density at radius 3 is 2.57 bits per heavy atom. The molecule has 0 aliphatic heterocycles. The summed E-state index contributed by atoms with van der Waals surface area (Å²) in [5.41, 5.74) is 1.61. The largest absolute Gasteiger partial charge is 0.0851 e. The Kier molecular flexibility index (Phi) is 2.55. The molecule has 0 saturated carbocycles. The minimum Gasteiger partial charge on any atom is -0.0851 e. The second-order valence-electron chi connectivity index (χ2n) is 5.39. The van der Waals surface area contributed by atoms with Gasteiger partial charge in [-0.25, -0.2) is 0 Å². The van der Waals surface area contributed by atoms with Gasteiger partial charge in [-0.15, -0.1) is 0 Å². The van der Waals surface area contributed by atoms with Crippen molar-refractivity contribution in [1.82, 2.24) is 0 Å². The lowest BCUT2D eigenvalue weighted by Gasteiger charge is -2.40. The van der Waals surface area contributed by atoms with Crippen LogP contribution in [-0.4, -0.2) is 0 Å². The summed E-state index contributed by atoms with van der Waals surface area (Å²) in [7, 11) is 0. The first-order chi connectivity index (χ1) is 6.59. The molecule has 2 aliphatic carbocycles. The molecule has 5 unspecified atom stereocenters. The first-order valence-electron chi connectivity index (χ1n) is 5.96. The standard InChI is InChI=1S/C14H22/c1-9-5-6-13-7-10(2)11(3)8-14(13)12(9)4/h5-6,8-10,12-14H,7H2,1-4H3. The fraction of sp³-hybridized carbons (Fsp3) is 0.714. The van der Waals surface area contributed by atoms with E-state index in [2.05, 4.69) is 45.9 Å². The third-order valence-electron chi connectivity index (χ3n) is 4.45. The molecule has 0 heterocycles. The van der Waals surface area contributed by atoms with E-state index < -0.39 is 0 Å². The molecule has 0 spiro atoms. The molecule has 0 aromatic carbocycles. The van der Waals surface area contributed by atoms with E-state index in [4.69, 9.17) is 0 Å². The van der Waals surface area contributed by atoms with Gasteiger partial charge in [0.25, 0.3) is 0 Å². The van der Waals surface area contributed by atoms with E-state index in [1.54, 1.807) is 5.57 Å². The van der Waals surface area contributed by atoms with Crippen molar-refractivity contribution in [3.8, 4) is 0 Å². The van der Waals surface area contributed by atoms with Gasteiger partial charge in [-0.05, 0) is 42.9 Å². The summed E-state index contributed by atoms with van der Waals surface area (Å²) >= 11 is 0. The third-order valence-corrected chi connectivity index (χ3v) is 4.45. The SMILES string of the molecule is CC1=CC2C(C=CC(C)C2C)CC1C. The Labute approximate surface area is 88.1 Å². The fourth-order valence-corrected chi connectivity index (χ4v) is 2.94. The van der Waals surface area contributed by atoms with Crippen LogP contribution in [0.15, 0.2) is 23.8 Å². The van der Waals surface area contributed by atoms with Crippen molar-refractivity contribution < 1.29 is 0 Å². The van der Waals surface area contributed by atoms with E-state index in [1.807, 2.05) is 0 Å². The van der Waals surface area contributed by atoms with E-state index in [0.717, 1.165) is 29.6 Å². The minimum absolute atomic E-state index is 0.758. The van der Waals surface area contributed by atoms with Crippen molar-refractivity contribution >= 4 is 0 Å². The fourth-order valence-electron chi connectivity index (χ4n) is 2.94. The highest BCUT2D eigenvalue weighted by atomic mass is 14.4. The number of allylic oxidation sites excluding steroid dienone is 4. The molecule has 78 valence electrons. The van der Waals surface area contributed by atoms with Crippen LogP contribution in [0.25, 0.3) is 0 Å². The topological polar surface area (TPSA) is 0 Å². The zero-order valence-electron chi connectivity index (χ0n) is 9.83. The Hall–Kier alpha value is -0.520. The van der Waals surface area contributed by atoms with Crippen molar-refractivity contribution in [2.45, 2.75) is 34.1 Å². The van der Waals surface area contributed by atoms with Crippen LogP contribution < -0.4 is 0 Å². The summed E-state index contributed by atoms with van der Waals surface area (Å²) in [4.78, 5) is 0. The Bertz CT molecular complexity index is 272.